The van der Waals surface area contributed by atoms with Gasteiger partial charge in [-0.15, -0.1) is 24.8 Å². The largest absolute Gasteiger partial charge is 0.351 e. The van der Waals surface area contributed by atoms with Crippen LogP contribution in [0, 0.1) is 0 Å². The first kappa shape index (κ1) is 22.4. The third-order valence-electron chi connectivity index (χ3n) is 2.99. The van der Waals surface area contributed by atoms with Gasteiger partial charge in [0.15, 0.2) is 0 Å². The summed E-state index contributed by atoms with van der Waals surface area (Å²) >= 11 is 0. The Balaban J connectivity index is 0. The number of hydrogen-bond donors (Lipinski definition) is 2. The van der Waals surface area contributed by atoms with Gasteiger partial charge in [-0.3, -0.25) is 9.78 Å². The molecule has 1 aromatic rings. The van der Waals surface area contributed by atoms with E-state index in [0.717, 1.165) is 31.7 Å². The molecule has 0 spiro atoms. The number of carbonyl (C=O) groups is 1. The lowest BCUT2D eigenvalue weighted by Crippen LogP contribution is -2.35. The van der Waals surface area contributed by atoms with Crippen LogP contribution < -0.4 is 11.1 Å². The second kappa shape index (κ2) is 12.8. The highest BCUT2D eigenvalue weighted by Gasteiger charge is 2.07. The molecular formula is C14H26Cl2N4O. The summed E-state index contributed by atoms with van der Waals surface area (Å²) in [4.78, 5) is 18.3. The molecule has 7 heteroatoms. The van der Waals surface area contributed by atoms with Crippen LogP contribution in [-0.4, -0.2) is 42.0 Å². The van der Waals surface area contributed by atoms with Crippen molar-refractivity contribution < 1.29 is 4.79 Å². The number of nitrogens with one attached hydrogen (secondary N) is 1. The first-order valence-corrected chi connectivity index (χ1v) is 6.86. The predicted molar refractivity (Wildman–Crippen MR) is 91.4 cm³/mol. The van der Waals surface area contributed by atoms with E-state index in [9.17, 15) is 4.79 Å². The van der Waals surface area contributed by atoms with Gasteiger partial charge in [-0.1, -0.05) is 13.8 Å². The van der Waals surface area contributed by atoms with E-state index >= 15 is 0 Å². The van der Waals surface area contributed by atoms with Crippen molar-refractivity contribution in [2.24, 2.45) is 5.73 Å². The van der Waals surface area contributed by atoms with E-state index in [1.54, 1.807) is 18.3 Å². The fraction of sp³-hybridized carbons (Fsp3) is 0.571. The molecule has 1 aromatic heterocycles. The third kappa shape index (κ3) is 8.21. The summed E-state index contributed by atoms with van der Waals surface area (Å²) in [6.45, 7) is 8.26. The molecule has 0 aliphatic carbocycles. The Morgan fingerprint density at radius 2 is 2.05 bits per heavy atom. The Morgan fingerprint density at radius 3 is 2.62 bits per heavy atom. The summed E-state index contributed by atoms with van der Waals surface area (Å²) in [7, 11) is 0. The van der Waals surface area contributed by atoms with Crippen molar-refractivity contribution in [1.29, 1.82) is 0 Å². The van der Waals surface area contributed by atoms with E-state index < -0.39 is 0 Å². The zero-order valence-electron chi connectivity index (χ0n) is 12.7. The van der Waals surface area contributed by atoms with Gasteiger partial charge in [-0.05, 0) is 31.6 Å². The van der Waals surface area contributed by atoms with E-state index in [1.165, 1.54) is 0 Å². The number of carbonyl (C=O) groups excluding carboxylic acids is 1. The number of halogens is 2. The Bertz CT molecular complexity index is 404. The number of amides is 1. The Morgan fingerprint density at radius 1 is 1.33 bits per heavy atom. The molecule has 1 heterocycles. The summed E-state index contributed by atoms with van der Waals surface area (Å²) in [5, 5.41) is 2.92. The molecule has 0 aromatic carbocycles. The van der Waals surface area contributed by atoms with Crippen LogP contribution in [0.5, 0.6) is 0 Å². The Labute approximate surface area is 139 Å². The second-order valence-electron chi connectivity index (χ2n) is 4.43. The van der Waals surface area contributed by atoms with Crippen LogP contribution in [0.1, 0.15) is 36.3 Å². The van der Waals surface area contributed by atoms with Gasteiger partial charge in [0.25, 0.3) is 5.91 Å². The van der Waals surface area contributed by atoms with Gasteiger partial charge >= 0.3 is 0 Å². The zero-order valence-corrected chi connectivity index (χ0v) is 14.3. The molecule has 0 aliphatic heterocycles. The van der Waals surface area contributed by atoms with E-state index in [1.807, 2.05) is 0 Å². The normalized spacial score (nSPS) is 9.71. The minimum absolute atomic E-state index is 0. The summed E-state index contributed by atoms with van der Waals surface area (Å²) in [6.07, 6.45) is 2.75. The lowest BCUT2D eigenvalue weighted by molar-refractivity contribution is 0.0948. The smallest absolute Gasteiger partial charge is 0.251 e. The first-order chi connectivity index (χ1) is 9.21. The molecule has 1 amide bonds. The molecule has 5 nitrogen and oxygen atoms in total. The predicted octanol–water partition coefficient (Wildman–Crippen LogP) is 1.85. The number of nitrogens with two attached hydrogens (primary N) is 1. The standard InChI is InChI=1S/C14H24N4O.2ClH/c1-3-8-18(4-2)9-7-17-14(19)12-5-6-16-13(10-12)11-15;;/h5-6,10H,3-4,7-9,11,15H2,1-2H3,(H,17,19);2*1H. The van der Waals surface area contributed by atoms with Gasteiger partial charge in [0, 0.05) is 31.4 Å². The molecule has 0 unspecified atom stereocenters. The Kier molecular flexibility index (Phi) is 13.7. The quantitative estimate of drug-likeness (QED) is 0.759. The molecule has 1 rings (SSSR count). The molecule has 3 N–H and O–H groups in total. The van der Waals surface area contributed by atoms with Crippen molar-refractivity contribution in [1.82, 2.24) is 15.2 Å². The third-order valence-corrected chi connectivity index (χ3v) is 2.99. The number of rotatable bonds is 8. The SMILES string of the molecule is CCCN(CC)CCNC(=O)c1ccnc(CN)c1.Cl.Cl. The highest BCUT2D eigenvalue weighted by atomic mass is 35.5. The van der Waals surface area contributed by atoms with Crippen LogP contribution in [0.3, 0.4) is 0 Å². The number of likely N-dealkylation sites (N-methyl/N-ethyl adjacent to an activating group) is 1. The number of aromatic nitrogens is 1. The van der Waals surface area contributed by atoms with Crippen LogP contribution >= 0.6 is 24.8 Å². The molecule has 21 heavy (non-hydrogen) atoms. The molecule has 122 valence electrons. The van der Waals surface area contributed by atoms with Crippen LogP contribution in [0.2, 0.25) is 0 Å². The van der Waals surface area contributed by atoms with Gasteiger partial charge in [-0.2, -0.15) is 0 Å². The average Bonchev–Trinajstić information content (AvgIpc) is 2.46. The molecule has 0 bridgehead atoms. The van der Waals surface area contributed by atoms with Crippen LogP contribution in [0.25, 0.3) is 0 Å². The average molecular weight is 337 g/mol. The molecule has 0 saturated heterocycles. The summed E-state index contributed by atoms with van der Waals surface area (Å²) < 4.78 is 0. The summed E-state index contributed by atoms with van der Waals surface area (Å²) in [5.41, 5.74) is 6.86. The highest BCUT2D eigenvalue weighted by molar-refractivity contribution is 5.94. The molecule has 0 fully saturated rings. The van der Waals surface area contributed by atoms with E-state index in [2.05, 4.69) is 29.0 Å². The molecular weight excluding hydrogens is 311 g/mol. The zero-order chi connectivity index (χ0) is 14.1. The molecule has 0 saturated carbocycles. The minimum Gasteiger partial charge on any atom is -0.351 e. The Hall–Kier alpha value is -0.880. The van der Waals surface area contributed by atoms with Crippen LogP contribution in [-0.2, 0) is 6.54 Å². The molecule has 0 atom stereocenters. The summed E-state index contributed by atoms with van der Waals surface area (Å²) in [6, 6.07) is 3.44. The van der Waals surface area contributed by atoms with Crippen molar-refractivity contribution in [2.45, 2.75) is 26.8 Å². The maximum absolute atomic E-state index is 11.9. The number of hydrogen-bond acceptors (Lipinski definition) is 4. The highest BCUT2D eigenvalue weighted by Crippen LogP contribution is 2.01. The van der Waals surface area contributed by atoms with Gasteiger partial charge in [0.05, 0.1) is 5.69 Å². The topological polar surface area (TPSA) is 71.2 Å². The lowest BCUT2D eigenvalue weighted by Gasteiger charge is -2.19. The van der Waals surface area contributed by atoms with Crippen molar-refractivity contribution in [3.05, 3.63) is 29.6 Å². The van der Waals surface area contributed by atoms with Crippen LogP contribution in [0.4, 0.5) is 0 Å². The number of nitrogens with zero attached hydrogens (tertiary/aromatic N) is 2. The van der Waals surface area contributed by atoms with Crippen molar-refractivity contribution >= 4 is 30.7 Å². The summed E-state index contributed by atoms with van der Waals surface area (Å²) in [5.74, 6) is -0.0651. The van der Waals surface area contributed by atoms with Gasteiger partial charge < -0.3 is 16.0 Å². The minimum atomic E-state index is -0.0651. The van der Waals surface area contributed by atoms with E-state index in [4.69, 9.17) is 5.73 Å². The van der Waals surface area contributed by atoms with Crippen molar-refractivity contribution in [2.75, 3.05) is 26.2 Å². The second-order valence-corrected chi connectivity index (χ2v) is 4.43. The van der Waals surface area contributed by atoms with Gasteiger partial charge in [0.1, 0.15) is 0 Å². The number of pyridine rings is 1. The fourth-order valence-electron chi connectivity index (χ4n) is 1.90. The van der Waals surface area contributed by atoms with Crippen molar-refractivity contribution in [3.8, 4) is 0 Å². The van der Waals surface area contributed by atoms with Gasteiger partial charge in [-0.25, -0.2) is 0 Å². The van der Waals surface area contributed by atoms with E-state index in [0.29, 0.717) is 18.7 Å². The maximum Gasteiger partial charge on any atom is 0.251 e. The van der Waals surface area contributed by atoms with Crippen LogP contribution in [0.15, 0.2) is 18.3 Å². The monoisotopic (exact) mass is 336 g/mol. The molecule has 0 radical (unpaired) electrons. The van der Waals surface area contributed by atoms with E-state index in [-0.39, 0.29) is 30.7 Å². The molecule has 0 aliphatic rings. The maximum atomic E-state index is 11.9. The van der Waals surface area contributed by atoms with Crippen molar-refractivity contribution in [3.63, 3.8) is 0 Å². The lowest BCUT2D eigenvalue weighted by atomic mass is 10.2. The first-order valence-electron chi connectivity index (χ1n) is 6.86. The fourth-order valence-corrected chi connectivity index (χ4v) is 1.90. The van der Waals surface area contributed by atoms with Gasteiger partial charge in [0.2, 0.25) is 0 Å².